The molecule has 1 fully saturated rings. The fourth-order valence-electron chi connectivity index (χ4n) is 3.15. The lowest BCUT2D eigenvalue weighted by molar-refractivity contribution is -0.125. The minimum atomic E-state index is -1.35. The Morgan fingerprint density at radius 1 is 1.42 bits per heavy atom. The van der Waals surface area contributed by atoms with Crippen LogP contribution in [0.3, 0.4) is 0 Å². The van der Waals surface area contributed by atoms with Crippen molar-refractivity contribution in [3.63, 3.8) is 0 Å². The average Bonchev–Trinajstić information content (AvgIpc) is 2.92. The lowest BCUT2D eigenvalue weighted by Gasteiger charge is -2.33. The summed E-state index contributed by atoms with van der Waals surface area (Å²) < 4.78 is 0. The monoisotopic (exact) mass is 328 g/mol. The van der Waals surface area contributed by atoms with Crippen LogP contribution in [0.25, 0.3) is 0 Å². The maximum absolute atomic E-state index is 12.1. The predicted molar refractivity (Wildman–Crippen MR) is 95.2 cm³/mol. The summed E-state index contributed by atoms with van der Waals surface area (Å²) in [6.45, 7) is 2.02. The van der Waals surface area contributed by atoms with Crippen molar-refractivity contribution < 1.29 is 4.79 Å². The van der Waals surface area contributed by atoms with Crippen molar-refractivity contribution in [3.05, 3.63) is 42.1 Å². The van der Waals surface area contributed by atoms with E-state index in [9.17, 15) is 4.79 Å². The van der Waals surface area contributed by atoms with Crippen LogP contribution in [0.5, 0.6) is 0 Å². The van der Waals surface area contributed by atoms with Crippen molar-refractivity contribution in [2.45, 2.75) is 44.1 Å². The molecule has 1 heterocycles. The zero-order valence-electron chi connectivity index (χ0n) is 13.8. The van der Waals surface area contributed by atoms with E-state index < -0.39 is 11.7 Å². The molecule has 0 saturated heterocycles. The van der Waals surface area contributed by atoms with Gasteiger partial charge >= 0.3 is 0 Å². The molecule has 24 heavy (non-hydrogen) atoms. The molecule has 0 aromatic heterocycles. The summed E-state index contributed by atoms with van der Waals surface area (Å²) in [4.78, 5) is 16.6. The maximum atomic E-state index is 12.1. The number of carbonyl (C=O) groups is 1. The van der Waals surface area contributed by atoms with Gasteiger partial charge in [-0.2, -0.15) is 0 Å². The van der Waals surface area contributed by atoms with E-state index in [1.165, 1.54) is 0 Å². The van der Waals surface area contributed by atoms with Crippen molar-refractivity contribution in [3.8, 4) is 0 Å². The Hall–Kier alpha value is -2.38. The molecule has 1 aliphatic heterocycles. The van der Waals surface area contributed by atoms with Gasteiger partial charge in [0.05, 0.1) is 0 Å². The highest BCUT2D eigenvalue weighted by Gasteiger charge is 2.40. The van der Waals surface area contributed by atoms with E-state index in [0.717, 1.165) is 30.5 Å². The number of rotatable bonds is 4. The molecule has 2 aliphatic rings. The smallest absolute Gasteiger partial charge is 0.282 e. The van der Waals surface area contributed by atoms with Gasteiger partial charge in [0, 0.05) is 24.0 Å². The van der Waals surface area contributed by atoms with Gasteiger partial charge in [0.25, 0.3) is 11.7 Å². The molecule has 128 valence electrons. The molecule has 1 amide bonds. The number of nitrogens with zero attached hydrogens (tertiary/aromatic N) is 1. The Kier molecular flexibility index (Phi) is 4.55. The number of carbonyl (C=O) groups excluding carboxylic acids is 1. The Morgan fingerprint density at radius 3 is 2.92 bits per heavy atom. The maximum Gasteiger partial charge on any atom is 0.282 e. The number of anilines is 1. The van der Waals surface area contributed by atoms with E-state index in [4.69, 9.17) is 11.5 Å². The largest absolute Gasteiger partial charge is 0.365 e. The van der Waals surface area contributed by atoms with Crippen molar-refractivity contribution in [2.24, 2.45) is 16.5 Å². The van der Waals surface area contributed by atoms with Crippen LogP contribution in [0.15, 0.2) is 41.5 Å². The minimum absolute atomic E-state index is 0.107. The number of nitrogens with one attached hydrogen (secondary N) is 3. The van der Waals surface area contributed by atoms with Crippen LogP contribution in [0.4, 0.5) is 5.69 Å². The summed E-state index contributed by atoms with van der Waals surface area (Å²) in [6, 6.07) is 8.19. The van der Waals surface area contributed by atoms with Gasteiger partial charge in [-0.1, -0.05) is 12.1 Å². The van der Waals surface area contributed by atoms with E-state index >= 15 is 0 Å². The average molecular weight is 328 g/mol. The second-order valence-corrected chi connectivity index (χ2v) is 6.46. The van der Waals surface area contributed by atoms with Crippen molar-refractivity contribution in [1.82, 2.24) is 10.6 Å². The van der Waals surface area contributed by atoms with Crippen LogP contribution in [0, 0.1) is 6.92 Å². The zero-order chi connectivity index (χ0) is 17.2. The molecule has 1 aromatic carbocycles. The van der Waals surface area contributed by atoms with E-state index in [1.54, 1.807) is 12.3 Å². The molecule has 3 atom stereocenters. The Balaban J connectivity index is 1.80. The van der Waals surface area contributed by atoms with Gasteiger partial charge in [0.1, 0.15) is 5.84 Å². The van der Waals surface area contributed by atoms with Crippen molar-refractivity contribution in [2.75, 3.05) is 5.32 Å². The first kappa shape index (κ1) is 16.5. The zero-order valence-corrected chi connectivity index (χ0v) is 13.8. The first-order valence-electron chi connectivity index (χ1n) is 8.18. The molecule has 0 spiro atoms. The third kappa shape index (κ3) is 3.58. The number of aryl methyl sites for hydroxylation is 1. The number of hydrogen-bond acceptors (Lipinski definition) is 6. The topological polar surface area (TPSA) is 118 Å². The van der Waals surface area contributed by atoms with Gasteiger partial charge in [-0.15, -0.1) is 0 Å². The summed E-state index contributed by atoms with van der Waals surface area (Å²) >= 11 is 0. The van der Waals surface area contributed by atoms with E-state index in [-0.39, 0.29) is 12.1 Å². The van der Waals surface area contributed by atoms with Gasteiger partial charge in [-0.25, -0.2) is 4.99 Å². The quantitative estimate of drug-likeness (QED) is 0.553. The lowest BCUT2D eigenvalue weighted by atomic mass is 10.2. The number of aliphatic imine (C=N–C) groups is 1. The van der Waals surface area contributed by atoms with Crippen LogP contribution in [-0.4, -0.2) is 29.6 Å². The number of hydrogen-bond donors (Lipinski definition) is 5. The molecule has 1 aliphatic carbocycles. The molecule has 0 bridgehead atoms. The third-order valence-electron chi connectivity index (χ3n) is 4.35. The molecule has 7 nitrogen and oxygen atoms in total. The molecular weight excluding hydrogens is 304 g/mol. The summed E-state index contributed by atoms with van der Waals surface area (Å²) in [7, 11) is 0. The standard InChI is InChI=1S/C17H24N6O/c1-11-3-2-4-13(9-11)21-15-7-8-20-17(23-15,16(19)24)22-14-6-5-12(18)10-14/h2-4,7-9,12,14,20,22H,5-6,10,18H2,1H3,(H2,19,24)(H,21,23)/t12-,14+,17?/m1/s1. The molecular formula is C17H24N6O. The number of amidine groups is 1. The van der Waals surface area contributed by atoms with Gasteiger partial charge in [-0.05, 0) is 50.0 Å². The van der Waals surface area contributed by atoms with Crippen LogP contribution in [-0.2, 0) is 4.79 Å². The minimum Gasteiger partial charge on any atom is -0.365 e. The number of nitrogens with two attached hydrogens (primary N) is 2. The SMILES string of the molecule is Cc1cccc(NC2=NC(N[C@H]3CC[C@@H](N)C3)(C(N)=O)NC=C2)c1. The molecule has 3 rings (SSSR count). The Labute approximate surface area is 141 Å². The molecule has 7 heteroatoms. The van der Waals surface area contributed by atoms with Gasteiger partial charge in [0.2, 0.25) is 0 Å². The highest BCUT2D eigenvalue weighted by Crippen LogP contribution is 2.21. The van der Waals surface area contributed by atoms with E-state index in [0.29, 0.717) is 5.84 Å². The summed E-state index contributed by atoms with van der Waals surface area (Å²) in [5, 5.41) is 9.43. The van der Waals surface area contributed by atoms with Gasteiger partial charge in [0.15, 0.2) is 0 Å². The highest BCUT2D eigenvalue weighted by molar-refractivity contribution is 6.06. The number of benzene rings is 1. The molecule has 7 N–H and O–H groups in total. The number of primary amides is 1. The van der Waals surface area contributed by atoms with Crippen LogP contribution in [0.1, 0.15) is 24.8 Å². The first-order chi connectivity index (χ1) is 11.5. The van der Waals surface area contributed by atoms with Gasteiger partial charge in [-0.3, -0.25) is 10.1 Å². The van der Waals surface area contributed by atoms with E-state index in [2.05, 4.69) is 20.9 Å². The van der Waals surface area contributed by atoms with Crippen LogP contribution < -0.4 is 27.4 Å². The molecule has 0 radical (unpaired) electrons. The van der Waals surface area contributed by atoms with Crippen LogP contribution >= 0.6 is 0 Å². The number of amides is 1. The molecule has 1 aromatic rings. The second kappa shape index (κ2) is 6.62. The third-order valence-corrected chi connectivity index (χ3v) is 4.35. The predicted octanol–water partition coefficient (Wildman–Crippen LogP) is 0.531. The fraction of sp³-hybridized carbons (Fsp3) is 0.412. The summed E-state index contributed by atoms with van der Waals surface area (Å²) in [5.74, 6) is -1.36. The Morgan fingerprint density at radius 2 is 2.25 bits per heavy atom. The van der Waals surface area contributed by atoms with E-state index in [1.807, 2.05) is 31.2 Å². The highest BCUT2D eigenvalue weighted by atomic mass is 16.2. The molecule has 1 unspecified atom stereocenters. The normalized spacial score (nSPS) is 29.0. The first-order valence-corrected chi connectivity index (χ1v) is 8.18. The molecule has 1 saturated carbocycles. The summed E-state index contributed by atoms with van der Waals surface area (Å²) in [5.41, 5.74) is 13.6. The lowest BCUT2D eigenvalue weighted by Crippen LogP contribution is -2.66. The van der Waals surface area contributed by atoms with Crippen molar-refractivity contribution in [1.29, 1.82) is 0 Å². The van der Waals surface area contributed by atoms with Crippen LogP contribution in [0.2, 0.25) is 0 Å². The Bertz CT molecular complexity index is 685. The second-order valence-electron chi connectivity index (χ2n) is 6.46. The van der Waals surface area contributed by atoms with Crippen molar-refractivity contribution >= 4 is 17.4 Å². The fourth-order valence-corrected chi connectivity index (χ4v) is 3.15. The van der Waals surface area contributed by atoms with Gasteiger partial charge < -0.3 is 22.1 Å². The summed E-state index contributed by atoms with van der Waals surface area (Å²) in [6.07, 6.45) is 6.08.